The predicted octanol–water partition coefficient (Wildman–Crippen LogP) is 2.87. The minimum Gasteiger partial charge on any atom is -0.485 e. The Morgan fingerprint density at radius 2 is 1.79 bits per heavy atom. The van der Waals surface area contributed by atoms with Gasteiger partial charge < -0.3 is 10.5 Å². The molecule has 0 atom stereocenters. The van der Waals surface area contributed by atoms with Gasteiger partial charge in [0.1, 0.15) is 18.2 Å². The highest BCUT2D eigenvalue weighted by Crippen LogP contribution is 2.23. The molecule has 2 aromatic rings. The van der Waals surface area contributed by atoms with Crippen molar-refractivity contribution in [2.75, 3.05) is 5.73 Å². The van der Waals surface area contributed by atoms with E-state index in [4.69, 9.17) is 10.5 Å². The molecule has 0 bridgehead atoms. The molecule has 4 heteroatoms. The van der Waals surface area contributed by atoms with Crippen LogP contribution < -0.4 is 10.5 Å². The molecule has 2 rings (SSSR count). The standard InChI is InChI=1S/C15H19N3O/c1-9-5-10(2)12(4)13(6-9)19-8-15-17-11(3)7-14(16)18-15/h5-7H,8H2,1-4H3,(H2,16,17,18). The molecule has 0 saturated heterocycles. The topological polar surface area (TPSA) is 61.0 Å². The Bertz CT molecular complexity index is 588. The van der Waals surface area contributed by atoms with Crippen LogP contribution in [0.3, 0.4) is 0 Å². The fourth-order valence-corrected chi connectivity index (χ4v) is 2.01. The van der Waals surface area contributed by atoms with E-state index >= 15 is 0 Å². The van der Waals surface area contributed by atoms with Crippen molar-refractivity contribution >= 4 is 5.82 Å². The Morgan fingerprint density at radius 1 is 1.05 bits per heavy atom. The summed E-state index contributed by atoms with van der Waals surface area (Å²) in [5.74, 6) is 1.96. The summed E-state index contributed by atoms with van der Waals surface area (Å²) in [4.78, 5) is 8.47. The molecule has 2 N–H and O–H groups in total. The van der Waals surface area contributed by atoms with Gasteiger partial charge in [0.15, 0.2) is 5.82 Å². The van der Waals surface area contributed by atoms with E-state index in [1.165, 1.54) is 11.1 Å². The molecule has 4 nitrogen and oxygen atoms in total. The number of nitrogen functional groups attached to an aromatic ring is 1. The predicted molar refractivity (Wildman–Crippen MR) is 76.2 cm³/mol. The van der Waals surface area contributed by atoms with Gasteiger partial charge >= 0.3 is 0 Å². The summed E-state index contributed by atoms with van der Waals surface area (Å²) >= 11 is 0. The average Bonchev–Trinajstić information content (AvgIpc) is 2.30. The molecule has 19 heavy (non-hydrogen) atoms. The summed E-state index contributed by atoms with van der Waals surface area (Å²) in [5.41, 5.74) is 10.1. The highest BCUT2D eigenvalue weighted by molar-refractivity contribution is 5.42. The van der Waals surface area contributed by atoms with Crippen LogP contribution in [0.2, 0.25) is 0 Å². The highest BCUT2D eigenvalue weighted by Gasteiger charge is 2.06. The van der Waals surface area contributed by atoms with Crippen molar-refractivity contribution < 1.29 is 4.74 Å². The van der Waals surface area contributed by atoms with E-state index in [1.54, 1.807) is 6.07 Å². The van der Waals surface area contributed by atoms with E-state index in [2.05, 4.69) is 36.8 Å². The van der Waals surface area contributed by atoms with Crippen LogP contribution in [0.25, 0.3) is 0 Å². The van der Waals surface area contributed by atoms with Crippen LogP contribution >= 0.6 is 0 Å². The van der Waals surface area contributed by atoms with Gasteiger partial charge in [-0.3, -0.25) is 0 Å². The third-order valence-corrected chi connectivity index (χ3v) is 3.04. The summed E-state index contributed by atoms with van der Waals surface area (Å²) in [6.07, 6.45) is 0. The SMILES string of the molecule is Cc1cc(C)c(C)c(OCc2nc(C)cc(N)n2)c1. The first-order chi connectivity index (χ1) is 8.95. The molecule has 0 aliphatic heterocycles. The Morgan fingerprint density at radius 3 is 2.47 bits per heavy atom. The largest absolute Gasteiger partial charge is 0.485 e. The van der Waals surface area contributed by atoms with Crippen LogP contribution in [0, 0.1) is 27.7 Å². The number of nitrogens with zero attached hydrogens (tertiary/aromatic N) is 2. The van der Waals surface area contributed by atoms with Gasteiger partial charge in [-0.05, 0) is 50.5 Å². The molecule has 1 aromatic carbocycles. The quantitative estimate of drug-likeness (QED) is 0.918. The van der Waals surface area contributed by atoms with Crippen molar-refractivity contribution in [3.05, 3.63) is 46.4 Å². The maximum Gasteiger partial charge on any atom is 0.168 e. The lowest BCUT2D eigenvalue weighted by Gasteiger charge is -2.12. The number of aryl methyl sites for hydroxylation is 3. The van der Waals surface area contributed by atoms with Gasteiger partial charge in [-0.15, -0.1) is 0 Å². The zero-order valence-electron chi connectivity index (χ0n) is 11.8. The maximum atomic E-state index is 5.81. The van der Waals surface area contributed by atoms with Gasteiger partial charge in [-0.25, -0.2) is 9.97 Å². The summed E-state index contributed by atoms with van der Waals surface area (Å²) in [6.45, 7) is 8.41. The molecular formula is C15H19N3O. The van der Waals surface area contributed by atoms with Gasteiger partial charge in [0, 0.05) is 11.8 Å². The van der Waals surface area contributed by atoms with Crippen LogP contribution in [0.15, 0.2) is 18.2 Å². The van der Waals surface area contributed by atoms with Crippen molar-refractivity contribution in [1.82, 2.24) is 9.97 Å². The molecule has 0 aliphatic carbocycles. The molecule has 0 unspecified atom stereocenters. The second-order valence-corrected chi connectivity index (χ2v) is 4.84. The van der Waals surface area contributed by atoms with Crippen LogP contribution in [-0.2, 0) is 6.61 Å². The number of rotatable bonds is 3. The second kappa shape index (κ2) is 5.26. The van der Waals surface area contributed by atoms with Crippen molar-refractivity contribution in [3.63, 3.8) is 0 Å². The summed E-state index contributed by atoms with van der Waals surface area (Å²) in [7, 11) is 0. The Labute approximate surface area is 113 Å². The highest BCUT2D eigenvalue weighted by atomic mass is 16.5. The van der Waals surface area contributed by atoms with Crippen molar-refractivity contribution in [3.8, 4) is 5.75 Å². The molecule has 0 amide bonds. The summed E-state index contributed by atoms with van der Waals surface area (Å²) in [5, 5.41) is 0. The zero-order valence-corrected chi connectivity index (χ0v) is 11.8. The molecule has 0 spiro atoms. The van der Waals surface area contributed by atoms with Crippen LogP contribution in [0.1, 0.15) is 28.2 Å². The third-order valence-electron chi connectivity index (χ3n) is 3.04. The number of benzene rings is 1. The minimum absolute atomic E-state index is 0.329. The van der Waals surface area contributed by atoms with Crippen LogP contribution in [0.4, 0.5) is 5.82 Å². The maximum absolute atomic E-state index is 5.81. The van der Waals surface area contributed by atoms with E-state index in [0.29, 0.717) is 18.2 Å². The molecule has 0 radical (unpaired) electrons. The summed E-state index contributed by atoms with van der Waals surface area (Å²) < 4.78 is 5.81. The van der Waals surface area contributed by atoms with Crippen molar-refractivity contribution in [1.29, 1.82) is 0 Å². The monoisotopic (exact) mass is 257 g/mol. The van der Waals surface area contributed by atoms with Gasteiger partial charge in [0.25, 0.3) is 0 Å². The van der Waals surface area contributed by atoms with E-state index < -0.39 is 0 Å². The number of hydrogen-bond acceptors (Lipinski definition) is 4. The number of aromatic nitrogens is 2. The number of ether oxygens (including phenoxy) is 1. The third kappa shape index (κ3) is 3.22. The molecule has 0 saturated carbocycles. The fourth-order valence-electron chi connectivity index (χ4n) is 2.01. The Balaban J connectivity index is 2.19. The molecule has 1 heterocycles. The van der Waals surface area contributed by atoms with Gasteiger partial charge in [-0.1, -0.05) is 6.07 Å². The van der Waals surface area contributed by atoms with Crippen molar-refractivity contribution in [2.45, 2.75) is 34.3 Å². The lowest BCUT2D eigenvalue weighted by atomic mass is 10.1. The van der Waals surface area contributed by atoms with Crippen molar-refractivity contribution in [2.24, 2.45) is 0 Å². The van der Waals surface area contributed by atoms with E-state index in [1.807, 2.05) is 13.0 Å². The normalized spacial score (nSPS) is 10.5. The van der Waals surface area contributed by atoms with E-state index in [-0.39, 0.29) is 0 Å². The first-order valence-corrected chi connectivity index (χ1v) is 6.26. The first kappa shape index (κ1) is 13.3. The Kier molecular flexibility index (Phi) is 3.69. The zero-order chi connectivity index (χ0) is 14.0. The Hall–Kier alpha value is -2.10. The lowest BCUT2D eigenvalue weighted by molar-refractivity contribution is 0.293. The smallest absolute Gasteiger partial charge is 0.168 e. The van der Waals surface area contributed by atoms with Gasteiger partial charge in [0.2, 0.25) is 0 Å². The minimum atomic E-state index is 0.329. The van der Waals surface area contributed by atoms with Crippen LogP contribution in [-0.4, -0.2) is 9.97 Å². The number of nitrogens with two attached hydrogens (primary N) is 1. The number of hydrogen-bond donors (Lipinski definition) is 1. The molecule has 0 aliphatic rings. The molecule has 1 aromatic heterocycles. The molecule has 100 valence electrons. The van der Waals surface area contributed by atoms with E-state index in [0.717, 1.165) is 17.0 Å². The van der Waals surface area contributed by atoms with Gasteiger partial charge in [-0.2, -0.15) is 0 Å². The second-order valence-electron chi connectivity index (χ2n) is 4.84. The molecular weight excluding hydrogens is 238 g/mol. The lowest BCUT2D eigenvalue weighted by Crippen LogP contribution is -2.06. The van der Waals surface area contributed by atoms with Gasteiger partial charge in [0.05, 0.1) is 0 Å². The summed E-state index contributed by atoms with van der Waals surface area (Å²) in [6, 6.07) is 5.91. The number of anilines is 1. The average molecular weight is 257 g/mol. The first-order valence-electron chi connectivity index (χ1n) is 6.26. The van der Waals surface area contributed by atoms with Crippen LogP contribution in [0.5, 0.6) is 5.75 Å². The van der Waals surface area contributed by atoms with E-state index in [9.17, 15) is 0 Å². The molecule has 0 fully saturated rings. The fraction of sp³-hybridized carbons (Fsp3) is 0.333.